The number of para-hydroxylation sites is 1. The smallest absolute Gasteiger partial charge is 0.198 e. The largest absolute Gasteiger partial charge is 0.493 e. The van der Waals surface area contributed by atoms with E-state index in [1.54, 1.807) is 6.07 Å². The Morgan fingerprint density at radius 1 is 1.15 bits per heavy atom. The van der Waals surface area contributed by atoms with Gasteiger partial charge >= 0.3 is 0 Å². The summed E-state index contributed by atoms with van der Waals surface area (Å²) in [4.78, 5) is 12.7. The second kappa shape index (κ2) is 5.78. The minimum absolute atomic E-state index is 0.0987. The number of ether oxygens (including phenoxy) is 1. The third kappa shape index (κ3) is 2.67. The summed E-state index contributed by atoms with van der Waals surface area (Å²) in [6, 6.07) is 11.1. The van der Waals surface area contributed by atoms with Gasteiger partial charge in [0.15, 0.2) is 5.78 Å². The zero-order valence-corrected chi connectivity index (χ0v) is 12.1. The quantitative estimate of drug-likeness (QED) is 0.682. The van der Waals surface area contributed by atoms with Gasteiger partial charge < -0.3 is 10.5 Å². The summed E-state index contributed by atoms with van der Waals surface area (Å²) in [6.45, 7) is 6.26. The van der Waals surface area contributed by atoms with E-state index >= 15 is 0 Å². The number of hydrogen-bond acceptors (Lipinski definition) is 3. The Hall–Kier alpha value is -2.29. The fraction of sp³-hybridized carbons (Fsp3) is 0.235. The molecule has 0 atom stereocenters. The monoisotopic (exact) mass is 269 g/mol. The van der Waals surface area contributed by atoms with Gasteiger partial charge in [0.25, 0.3) is 0 Å². The van der Waals surface area contributed by atoms with Crippen LogP contribution >= 0.6 is 0 Å². The van der Waals surface area contributed by atoms with Crippen molar-refractivity contribution in [2.24, 2.45) is 0 Å². The first-order chi connectivity index (χ1) is 9.54. The van der Waals surface area contributed by atoms with Crippen molar-refractivity contribution in [3.63, 3.8) is 0 Å². The van der Waals surface area contributed by atoms with Crippen LogP contribution in [0, 0.1) is 13.8 Å². The van der Waals surface area contributed by atoms with Crippen molar-refractivity contribution in [1.82, 2.24) is 0 Å². The summed E-state index contributed by atoms with van der Waals surface area (Å²) < 4.78 is 5.54. The summed E-state index contributed by atoms with van der Waals surface area (Å²) in [7, 11) is 0. The highest BCUT2D eigenvalue weighted by atomic mass is 16.5. The zero-order valence-electron chi connectivity index (χ0n) is 12.1. The van der Waals surface area contributed by atoms with Gasteiger partial charge in [-0.2, -0.15) is 0 Å². The van der Waals surface area contributed by atoms with E-state index in [9.17, 15) is 4.79 Å². The molecule has 0 fully saturated rings. The standard InChI is InChI=1S/C17H19NO2/c1-4-20-15-9-8-11(2)10-14(15)17(19)13-7-5-6-12(3)16(13)18/h5-10H,4,18H2,1-3H3. The van der Waals surface area contributed by atoms with Gasteiger partial charge in [0.05, 0.1) is 12.2 Å². The zero-order chi connectivity index (χ0) is 14.7. The van der Waals surface area contributed by atoms with E-state index in [0.29, 0.717) is 29.2 Å². The molecule has 0 unspecified atom stereocenters. The Kier molecular flexibility index (Phi) is 4.08. The van der Waals surface area contributed by atoms with Crippen LogP contribution in [0.25, 0.3) is 0 Å². The molecule has 20 heavy (non-hydrogen) atoms. The van der Waals surface area contributed by atoms with Crippen molar-refractivity contribution in [3.8, 4) is 5.75 Å². The average Bonchev–Trinajstić information content (AvgIpc) is 2.43. The molecule has 2 rings (SSSR count). The number of hydrogen-bond donors (Lipinski definition) is 1. The Morgan fingerprint density at radius 2 is 1.90 bits per heavy atom. The lowest BCUT2D eigenvalue weighted by atomic mass is 9.97. The highest BCUT2D eigenvalue weighted by Gasteiger charge is 2.17. The molecular formula is C17H19NO2. The first kappa shape index (κ1) is 14.1. The normalized spacial score (nSPS) is 10.3. The number of carbonyl (C=O) groups is 1. The van der Waals surface area contributed by atoms with Gasteiger partial charge in [0.2, 0.25) is 0 Å². The third-order valence-corrected chi connectivity index (χ3v) is 3.25. The van der Waals surface area contributed by atoms with Crippen LogP contribution in [-0.4, -0.2) is 12.4 Å². The van der Waals surface area contributed by atoms with Crippen LogP contribution in [0.15, 0.2) is 36.4 Å². The molecule has 0 amide bonds. The molecule has 0 heterocycles. The van der Waals surface area contributed by atoms with E-state index in [2.05, 4.69) is 0 Å². The molecule has 3 heteroatoms. The third-order valence-electron chi connectivity index (χ3n) is 3.25. The van der Waals surface area contributed by atoms with Crippen LogP contribution in [0.4, 0.5) is 5.69 Å². The van der Waals surface area contributed by atoms with Gasteiger partial charge in [0.1, 0.15) is 5.75 Å². The number of ketones is 1. The maximum absolute atomic E-state index is 12.7. The number of nitrogens with two attached hydrogens (primary N) is 1. The Morgan fingerprint density at radius 3 is 2.60 bits per heavy atom. The molecule has 0 bridgehead atoms. The number of rotatable bonds is 4. The molecule has 0 aliphatic rings. The van der Waals surface area contributed by atoms with Crippen LogP contribution in [0.1, 0.15) is 34.0 Å². The minimum atomic E-state index is -0.0987. The van der Waals surface area contributed by atoms with Crippen LogP contribution in [0.2, 0.25) is 0 Å². The average molecular weight is 269 g/mol. The summed E-state index contributed by atoms with van der Waals surface area (Å²) in [5.74, 6) is 0.502. The lowest BCUT2D eigenvalue weighted by molar-refractivity contribution is 0.103. The van der Waals surface area contributed by atoms with Crippen LogP contribution in [0.5, 0.6) is 5.75 Å². The van der Waals surface area contributed by atoms with E-state index < -0.39 is 0 Å². The van der Waals surface area contributed by atoms with Crippen LogP contribution < -0.4 is 10.5 Å². The molecule has 2 aromatic rings. The SMILES string of the molecule is CCOc1ccc(C)cc1C(=O)c1cccc(C)c1N. The van der Waals surface area contributed by atoms with Crippen LogP contribution in [-0.2, 0) is 0 Å². The van der Waals surface area contributed by atoms with Crippen molar-refractivity contribution in [3.05, 3.63) is 58.7 Å². The number of aryl methyl sites for hydroxylation is 2. The molecule has 2 N–H and O–H groups in total. The Labute approximate surface area is 119 Å². The number of nitrogen functional groups attached to an aromatic ring is 1. The molecule has 0 spiro atoms. The van der Waals surface area contributed by atoms with Crippen molar-refractivity contribution in [2.75, 3.05) is 12.3 Å². The molecule has 104 valence electrons. The van der Waals surface area contributed by atoms with Gasteiger partial charge in [-0.25, -0.2) is 0 Å². The van der Waals surface area contributed by atoms with E-state index in [1.165, 1.54) is 0 Å². The number of anilines is 1. The molecule has 0 saturated carbocycles. The van der Waals surface area contributed by atoms with Gasteiger partial charge in [-0.05, 0) is 44.5 Å². The highest BCUT2D eigenvalue weighted by molar-refractivity contribution is 6.14. The first-order valence-corrected chi connectivity index (χ1v) is 6.67. The molecule has 3 nitrogen and oxygen atoms in total. The second-order valence-electron chi connectivity index (χ2n) is 4.80. The number of carbonyl (C=O) groups excluding carboxylic acids is 1. The summed E-state index contributed by atoms with van der Waals surface area (Å²) >= 11 is 0. The van der Waals surface area contributed by atoms with E-state index in [-0.39, 0.29) is 5.78 Å². The minimum Gasteiger partial charge on any atom is -0.493 e. The number of benzene rings is 2. The first-order valence-electron chi connectivity index (χ1n) is 6.67. The molecule has 0 aromatic heterocycles. The topological polar surface area (TPSA) is 52.3 Å². The fourth-order valence-corrected chi connectivity index (χ4v) is 2.13. The lowest BCUT2D eigenvalue weighted by Crippen LogP contribution is -2.09. The predicted molar refractivity (Wildman–Crippen MR) is 81.4 cm³/mol. The van der Waals surface area contributed by atoms with Gasteiger partial charge in [-0.3, -0.25) is 4.79 Å². The van der Waals surface area contributed by atoms with Crippen molar-refractivity contribution in [2.45, 2.75) is 20.8 Å². The molecule has 0 saturated heterocycles. The summed E-state index contributed by atoms with van der Waals surface area (Å²) in [6.07, 6.45) is 0. The van der Waals surface area contributed by atoms with Gasteiger partial charge in [0, 0.05) is 11.3 Å². The Balaban J connectivity index is 2.52. The molecule has 0 aliphatic heterocycles. The summed E-state index contributed by atoms with van der Waals surface area (Å²) in [5, 5.41) is 0. The van der Waals surface area contributed by atoms with Crippen LogP contribution in [0.3, 0.4) is 0 Å². The van der Waals surface area contributed by atoms with E-state index in [0.717, 1.165) is 11.1 Å². The molecule has 2 aromatic carbocycles. The van der Waals surface area contributed by atoms with E-state index in [4.69, 9.17) is 10.5 Å². The maximum atomic E-state index is 12.7. The maximum Gasteiger partial charge on any atom is 0.198 e. The molecular weight excluding hydrogens is 250 g/mol. The Bertz CT molecular complexity index is 647. The van der Waals surface area contributed by atoms with E-state index in [1.807, 2.05) is 51.1 Å². The van der Waals surface area contributed by atoms with Crippen molar-refractivity contribution < 1.29 is 9.53 Å². The lowest BCUT2D eigenvalue weighted by Gasteiger charge is -2.12. The molecule has 0 radical (unpaired) electrons. The summed E-state index contributed by atoms with van der Waals surface area (Å²) in [5.41, 5.74) is 9.56. The fourth-order valence-electron chi connectivity index (χ4n) is 2.13. The predicted octanol–water partition coefficient (Wildman–Crippen LogP) is 3.52. The second-order valence-corrected chi connectivity index (χ2v) is 4.80. The highest BCUT2D eigenvalue weighted by Crippen LogP contribution is 2.26. The van der Waals surface area contributed by atoms with Crippen molar-refractivity contribution >= 4 is 11.5 Å². The van der Waals surface area contributed by atoms with Crippen molar-refractivity contribution in [1.29, 1.82) is 0 Å². The molecule has 0 aliphatic carbocycles. The van der Waals surface area contributed by atoms with Gasteiger partial charge in [-0.1, -0.05) is 23.8 Å². The van der Waals surface area contributed by atoms with Gasteiger partial charge in [-0.15, -0.1) is 0 Å².